The number of hydrogen-bond acceptors (Lipinski definition) is 5. The van der Waals surface area contributed by atoms with Crippen LogP contribution in [0.1, 0.15) is 24.9 Å². The van der Waals surface area contributed by atoms with Gasteiger partial charge in [0.25, 0.3) is 0 Å². The minimum absolute atomic E-state index is 0.0590. The van der Waals surface area contributed by atoms with Crippen LogP contribution in [0.5, 0.6) is 11.5 Å². The Balaban J connectivity index is 2.22. The molecule has 1 heterocycles. The molecular formula is C17H26N2O4. The zero-order valence-electron chi connectivity index (χ0n) is 14.1. The Bertz CT molecular complexity index is 515. The Hall–Kier alpha value is -1.79. The van der Waals surface area contributed by atoms with E-state index in [1.54, 1.807) is 14.2 Å². The van der Waals surface area contributed by atoms with Crippen LogP contribution in [0.25, 0.3) is 0 Å². The van der Waals surface area contributed by atoms with Crippen molar-refractivity contribution in [3.8, 4) is 11.5 Å². The minimum Gasteiger partial charge on any atom is -0.493 e. The lowest BCUT2D eigenvalue weighted by Crippen LogP contribution is -2.43. The third-order valence-corrected chi connectivity index (χ3v) is 4.09. The molecule has 1 aliphatic rings. The Morgan fingerprint density at radius 2 is 1.96 bits per heavy atom. The van der Waals surface area contributed by atoms with Gasteiger partial charge in [0.15, 0.2) is 11.5 Å². The largest absolute Gasteiger partial charge is 0.493 e. The normalized spacial score (nSPS) is 16.7. The highest BCUT2D eigenvalue weighted by atomic mass is 16.5. The van der Waals surface area contributed by atoms with Crippen molar-refractivity contribution in [2.24, 2.45) is 0 Å². The van der Waals surface area contributed by atoms with Crippen LogP contribution in [0.4, 0.5) is 0 Å². The fourth-order valence-corrected chi connectivity index (χ4v) is 2.74. The van der Waals surface area contributed by atoms with E-state index in [-0.39, 0.29) is 11.9 Å². The number of rotatable bonds is 7. The summed E-state index contributed by atoms with van der Waals surface area (Å²) >= 11 is 0. The fourth-order valence-electron chi connectivity index (χ4n) is 2.74. The van der Waals surface area contributed by atoms with E-state index in [9.17, 15) is 4.79 Å². The van der Waals surface area contributed by atoms with Crippen LogP contribution >= 0.6 is 0 Å². The summed E-state index contributed by atoms with van der Waals surface area (Å²) < 4.78 is 16.1. The molecule has 1 aromatic carbocycles. The Morgan fingerprint density at radius 1 is 1.26 bits per heavy atom. The van der Waals surface area contributed by atoms with Gasteiger partial charge < -0.3 is 19.5 Å². The van der Waals surface area contributed by atoms with Crippen molar-refractivity contribution in [1.82, 2.24) is 10.2 Å². The van der Waals surface area contributed by atoms with Gasteiger partial charge in [0.1, 0.15) is 0 Å². The molecule has 0 aliphatic carbocycles. The molecule has 1 amide bonds. The molecule has 0 radical (unpaired) electrons. The Labute approximate surface area is 137 Å². The maximum atomic E-state index is 11.7. The minimum atomic E-state index is 0.0590. The van der Waals surface area contributed by atoms with Crippen molar-refractivity contribution in [1.29, 1.82) is 0 Å². The van der Waals surface area contributed by atoms with Crippen LogP contribution in [0.3, 0.4) is 0 Å². The summed E-state index contributed by atoms with van der Waals surface area (Å²) in [5.74, 6) is 1.46. The van der Waals surface area contributed by atoms with Gasteiger partial charge in [-0.3, -0.25) is 9.69 Å². The van der Waals surface area contributed by atoms with E-state index in [0.29, 0.717) is 37.7 Å². The number of morpholine rings is 1. The highest BCUT2D eigenvalue weighted by molar-refractivity contribution is 5.75. The number of methoxy groups -OCH3 is 2. The van der Waals surface area contributed by atoms with Gasteiger partial charge in [-0.25, -0.2) is 0 Å². The molecule has 1 saturated heterocycles. The summed E-state index contributed by atoms with van der Waals surface area (Å²) in [6.07, 6.45) is 0.488. The van der Waals surface area contributed by atoms with Gasteiger partial charge in [0.05, 0.1) is 33.5 Å². The second kappa shape index (κ2) is 8.74. The van der Waals surface area contributed by atoms with E-state index in [1.165, 1.54) is 0 Å². The number of ether oxygens (including phenoxy) is 3. The molecule has 2 rings (SSSR count). The van der Waals surface area contributed by atoms with E-state index in [0.717, 1.165) is 18.7 Å². The zero-order valence-corrected chi connectivity index (χ0v) is 14.1. The molecule has 1 atom stereocenters. The van der Waals surface area contributed by atoms with Crippen LogP contribution in [0.2, 0.25) is 0 Å². The maximum Gasteiger partial charge on any atom is 0.219 e. The number of carbonyl (C=O) groups excluding carboxylic acids is 1. The molecule has 0 aromatic heterocycles. The molecule has 1 N–H and O–H groups in total. The summed E-state index contributed by atoms with van der Waals surface area (Å²) in [5, 5.41) is 3.00. The third-order valence-electron chi connectivity index (χ3n) is 4.09. The molecule has 0 saturated carbocycles. The van der Waals surface area contributed by atoms with Crippen LogP contribution < -0.4 is 14.8 Å². The highest BCUT2D eigenvalue weighted by Gasteiger charge is 2.24. The molecule has 23 heavy (non-hydrogen) atoms. The summed E-state index contributed by atoms with van der Waals surface area (Å²) in [6, 6.07) is 6.01. The molecule has 128 valence electrons. The van der Waals surface area contributed by atoms with Gasteiger partial charge in [-0.05, 0) is 17.7 Å². The molecule has 0 bridgehead atoms. The average Bonchev–Trinajstić information content (AvgIpc) is 2.62. The lowest BCUT2D eigenvalue weighted by atomic mass is 10.0. The third kappa shape index (κ3) is 4.59. The first-order valence-electron chi connectivity index (χ1n) is 8.00. The Kier molecular flexibility index (Phi) is 6.67. The first-order chi connectivity index (χ1) is 11.2. The number of nitrogens with zero attached hydrogens (tertiary/aromatic N) is 1. The monoisotopic (exact) mass is 322 g/mol. The van der Waals surface area contributed by atoms with Gasteiger partial charge in [-0.2, -0.15) is 0 Å². The van der Waals surface area contributed by atoms with Crippen LogP contribution in [0, 0.1) is 0 Å². The van der Waals surface area contributed by atoms with Crippen LogP contribution in [-0.4, -0.2) is 57.9 Å². The standard InChI is InChI=1S/C17H26N2O4/c1-4-17(20)18-12-14(19-7-9-23-10-8-19)13-5-6-15(21-2)16(11-13)22-3/h5-6,11,14H,4,7-10,12H2,1-3H3,(H,18,20). The van der Waals surface area contributed by atoms with E-state index in [2.05, 4.69) is 10.2 Å². The molecule has 1 fully saturated rings. The number of amides is 1. The zero-order chi connectivity index (χ0) is 16.7. The summed E-state index contributed by atoms with van der Waals surface area (Å²) in [5.41, 5.74) is 1.10. The van der Waals surface area contributed by atoms with E-state index < -0.39 is 0 Å². The topological polar surface area (TPSA) is 60.0 Å². The van der Waals surface area contributed by atoms with Gasteiger partial charge >= 0.3 is 0 Å². The van der Waals surface area contributed by atoms with Gasteiger partial charge in [-0.1, -0.05) is 13.0 Å². The van der Waals surface area contributed by atoms with Crippen molar-refractivity contribution < 1.29 is 19.0 Å². The van der Waals surface area contributed by atoms with Crippen molar-refractivity contribution in [3.05, 3.63) is 23.8 Å². The van der Waals surface area contributed by atoms with Crippen molar-refractivity contribution in [2.45, 2.75) is 19.4 Å². The van der Waals surface area contributed by atoms with E-state index >= 15 is 0 Å². The fraction of sp³-hybridized carbons (Fsp3) is 0.588. The average molecular weight is 322 g/mol. The van der Waals surface area contributed by atoms with Crippen molar-refractivity contribution in [3.63, 3.8) is 0 Å². The quantitative estimate of drug-likeness (QED) is 0.826. The summed E-state index contributed by atoms with van der Waals surface area (Å²) in [4.78, 5) is 14.0. The molecule has 6 heteroatoms. The summed E-state index contributed by atoms with van der Waals surface area (Å²) in [7, 11) is 3.25. The molecule has 0 spiro atoms. The predicted octanol–water partition coefficient (Wildman–Crippen LogP) is 1.60. The lowest BCUT2D eigenvalue weighted by molar-refractivity contribution is -0.121. The number of hydrogen-bond donors (Lipinski definition) is 1. The number of nitrogens with one attached hydrogen (secondary N) is 1. The van der Waals surface area contributed by atoms with E-state index in [1.807, 2.05) is 25.1 Å². The first kappa shape index (κ1) is 17.6. The lowest BCUT2D eigenvalue weighted by Gasteiger charge is -2.35. The van der Waals surface area contributed by atoms with Crippen LogP contribution in [-0.2, 0) is 9.53 Å². The molecule has 1 aromatic rings. The van der Waals surface area contributed by atoms with Crippen LogP contribution in [0.15, 0.2) is 18.2 Å². The van der Waals surface area contributed by atoms with Crippen molar-refractivity contribution >= 4 is 5.91 Å². The second-order valence-electron chi connectivity index (χ2n) is 5.44. The smallest absolute Gasteiger partial charge is 0.219 e. The van der Waals surface area contributed by atoms with E-state index in [4.69, 9.17) is 14.2 Å². The predicted molar refractivity (Wildman–Crippen MR) is 88.0 cm³/mol. The molecule has 1 unspecified atom stereocenters. The van der Waals surface area contributed by atoms with Gasteiger partial charge in [0.2, 0.25) is 5.91 Å². The Morgan fingerprint density at radius 3 is 2.57 bits per heavy atom. The molecule has 6 nitrogen and oxygen atoms in total. The SMILES string of the molecule is CCC(=O)NCC(c1ccc(OC)c(OC)c1)N1CCOCC1. The number of benzene rings is 1. The van der Waals surface area contributed by atoms with Gasteiger partial charge in [-0.15, -0.1) is 0 Å². The van der Waals surface area contributed by atoms with Crippen molar-refractivity contribution in [2.75, 3.05) is 47.1 Å². The summed E-state index contributed by atoms with van der Waals surface area (Å²) in [6.45, 7) is 5.55. The molecular weight excluding hydrogens is 296 g/mol. The van der Waals surface area contributed by atoms with Gasteiger partial charge in [0, 0.05) is 26.1 Å². The highest BCUT2D eigenvalue weighted by Crippen LogP contribution is 2.32. The number of carbonyl (C=O) groups is 1. The first-order valence-corrected chi connectivity index (χ1v) is 8.00. The second-order valence-corrected chi connectivity index (χ2v) is 5.44. The molecule has 1 aliphatic heterocycles. The maximum absolute atomic E-state index is 11.7.